The molecular weight excluding hydrogens is 432 g/mol. The number of benzene rings is 3. The third-order valence-corrected chi connectivity index (χ3v) is 6.49. The van der Waals surface area contributed by atoms with E-state index in [0.29, 0.717) is 56.1 Å². The highest BCUT2D eigenvalue weighted by atomic mass is 16.2. The van der Waals surface area contributed by atoms with Crippen molar-refractivity contribution in [3.8, 4) is 0 Å². The van der Waals surface area contributed by atoms with Gasteiger partial charge in [0.25, 0.3) is 23.6 Å². The van der Waals surface area contributed by atoms with Gasteiger partial charge in [-0.25, -0.2) is 0 Å². The number of rotatable bonds is 0. The molecule has 3 aromatic carbocycles. The predicted molar refractivity (Wildman–Crippen MR) is 127 cm³/mol. The van der Waals surface area contributed by atoms with E-state index in [2.05, 4.69) is 21.3 Å². The van der Waals surface area contributed by atoms with E-state index in [1.54, 1.807) is 48.5 Å². The zero-order valence-corrected chi connectivity index (χ0v) is 17.4. The van der Waals surface area contributed by atoms with E-state index in [0.717, 1.165) is 0 Å². The summed E-state index contributed by atoms with van der Waals surface area (Å²) in [5.74, 6) is -1.51. The number of hydrogen-bond acceptors (Lipinski definition) is 4. The van der Waals surface area contributed by atoms with E-state index in [-0.39, 0.29) is 23.0 Å². The summed E-state index contributed by atoms with van der Waals surface area (Å²) in [4.78, 5) is 51.6. The smallest absolute Gasteiger partial charge is 0.257 e. The van der Waals surface area contributed by atoms with Crippen LogP contribution in [0.3, 0.4) is 0 Å². The molecule has 0 spiro atoms. The highest BCUT2D eigenvalue weighted by Crippen LogP contribution is 2.48. The number of carbonyl (C=O) groups excluding carboxylic acids is 4. The number of anilines is 4. The van der Waals surface area contributed by atoms with Gasteiger partial charge in [-0.3, -0.25) is 19.2 Å². The molecular formula is C26H14N4O4. The van der Waals surface area contributed by atoms with E-state index in [9.17, 15) is 19.2 Å². The van der Waals surface area contributed by atoms with Gasteiger partial charge < -0.3 is 21.3 Å². The number of amides is 4. The fraction of sp³-hybridized carbons (Fsp3) is 0. The van der Waals surface area contributed by atoms with Gasteiger partial charge in [0.15, 0.2) is 0 Å². The molecule has 8 heteroatoms. The summed E-state index contributed by atoms with van der Waals surface area (Å²) in [5.41, 5.74) is 5.66. The molecule has 0 aromatic heterocycles. The van der Waals surface area contributed by atoms with Gasteiger partial charge in [0.05, 0.1) is 22.3 Å². The average Bonchev–Trinajstić information content (AvgIpc) is 3.51. The zero-order valence-electron chi connectivity index (χ0n) is 17.4. The number of nitrogens with one attached hydrogen (secondary N) is 4. The summed E-state index contributed by atoms with van der Waals surface area (Å²) < 4.78 is 0. The summed E-state index contributed by atoms with van der Waals surface area (Å²) >= 11 is 0. The summed E-state index contributed by atoms with van der Waals surface area (Å²) in [6.07, 6.45) is 0. The summed E-state index contributed by atoms with van der Waals surface area (Å²) in [5, 5.41) is 11.2. The molecule has 4 aliphatic heterocycles. The molecule has 4 amide bonds. The van der Waals surface area contributed by atoms with Crippen molar-refractivity contribution < 1.29 is 19.2 Å². The molecule has 4 heterocycles. The van der Waals surface area contributed by atoms with Crippen molar-refractivity contribution >= 4 is 68.7 Å². The van der Waals surface area contributed by atoms with Gasteiger partial charge in [-0.1, -0.05) is 36.4 Å². The average molecular weight is 446 g/mol. The van der Waals surface area contributed by atoms with E-state index in [1.165, 1.54) is 0 Å². The Bertz CT molecular complexity index is 1510. The van der Waals surface area contributed by atoms with E-state index >= 15 is 0 Å². The van der Waals surface area contributed by atoms with Crippen LogP contribution >= 0.6 is 0 Å². The first-order valence-corrected chi connectivity index (χ1v) is 10.6. The van der Waals surface area contributed by atoms with Crippen molar-refractivity contribution in [2.24, 2.45) is 0 Å². The molecule has 0 radical (unpaired) electrons. The molecule has 0 unspecified atom stereocenters. The Morgan fingerprint density at radius 3 is 1.12 bits per heavy atom. The van der Waals surface area contributed by atoms with Crippen LogP contribution in [0.4, 0.5) is 22.7 Å². The lowest BCUT2D eigenvalue weighted by Gasteiger charge is -2.07. The fourth-order valence-electron chi connectivity index (χ4n) is 5.06. The van der Waals surface area contributed by atoms with Gasteiger partial charge in [-0.2, -0.15) is 0 Å². The first-order chi connectivity index (χ1) is 16.5. The molecule has 4 aliphatic rings. The fourth-order valence-corrected chi connectivity index (χ4v) is 5.06. The molecule has 0 aliphatic carbocycles. The second kappa shape index (κ2) is 6.29. The minimum absolute atomic E-state index is 0.250. The first-order valence-electron chi connectivity index (χ1n) is 10.6. The van der Waals surface area contributed by atoms with Crippen molar-refractivity contribution in [2.45, 2.75) is 0 Å². The normalized spacial score (nSPS) is 21.4. The minimum atomic E-state index is -0.398. The summed E-state index contributed by atoms with van der Waals surface area (Å²) in [6, 6.07) is 17.7. The number of para-hydroxylation sites is 2. The van der Waals surface area contributed by atoms with Crippen LogP contribution in [0.25, 0.3) is 22.3 Å². The largest absolute Gasteiger partial charge is 0.321 e. The van der Waals surface area contributed by atoms with Crippen molar-refractivity contribution in [3.05, 3.63) is 82.9 Å². The maximum absolute atomic E-state index is 13.0. The van der Waals surface area contributed by atoms with Crippen molar-refractivity contribution in [2.75, 3.05) is 21.3 Å². The van der Waals surface area contributed by atoms with E-state index in [1.807, 2.05) is 12.1 Å². The molecule has 7 rings (SSSR count). The van der Waals surface area contributed by atoms with E-state index in [4.69, 9.17) is 0 Å². The Balaban J connectivity index is 1.45. The Labute approximate surface area is 192 Å². The lowest BCUT2D eigenvalue weighted by atomic mass is 9.92. The predicted octanol–water partition coefficient (Wildman–Crippen LogP) is 3.32. The number of fused-ring (bicyclic) bond motifs is 4. The molecule has 0 bridgehead atoms. The maximum Gasteiger partial charge on any atom is 0.257 e. The van der Waals surface area contributed by atoms with Gasteiger partial charge in [-0.15, -0.1) is 0 Å². The highest BCUT2D eigenvalue weighted by molar-refractivity contribution is 6.51. The van der Waals surface area contributed by atoms with Gasteiger partial charge in [0.2, 0.25) is 0 Å². The molecule has 4 N–H and O–H groups in total. The molecule has 162 valence electrons. The van der Waals surface area contributed by atoms with Crippen LogP contribution in [-0.2, 0) is 19.2 Å². The Morgan fingerprint density at radius 2 is 0.706 bits per heavy atom. The molecule has 8 nitrogen and oxygen atoms in total. The van der Waals surface area contributed by atoms with Gasteiger partial charge in [0, 0.05) is 45.0 Å². The zero-order chi connectivity index (χ0) is 23.1. The van der Waals surface area contributed by atoms with Crippen molar-refractivity contribution in [1.82, 2.24) is 0 Å². The third kappa shape index (κ3) is 2.31. The van der Waals surface area contributed by atoms with E-state index < -0.39 is 11.8 Å². The second-order valence-electron chi connectivity index (χ2n) is 8.35. The van der Waals surface area contributed by atoms with Crippen LogP contribution in [0.15, 0.2) is 60.7 Å². The SMILES string of the molecule is O=C1Nc2ccccc2/C1=C1\C(=O)Nc2cc3c(cc21)NC(=O)/C3=C1/C(=O)Nc2ccccc21. The van der Waals surface area contributed by atoms with Crippen LogP contribution in [0.1, 0.15) is 22.3 Å². The lowest BCUT2D eigenvalue weighted by molar-refractivity contribution is -0.112. The van der Waals surface area contributed by atoms with Crippen molar-refractivity contribution in [1.29, 1.82) is 0 Å². The van der Waals surface area contributed by atoms with Crippen LogP contribution < -0.4 is 21.3 Å². The summed E-state index contributed by atoms with van der Waals surface area (Å²) in [6.45, 7) is 0. The molecule has 0 saturated carbocycles. The number of carbonyl (C=O) groups is 4. The minimum Gasteiger partial charge on any atom is -0.321 e. The second-order valence-corrected chi connectivity index (χ2v) is 8.35. The molecule has 34 heavy (non-hydrogen) atoms. The third-order valence-electron chi connectivity index (χ3n) is 6.49. The Hall–Kier alpha value is -4.98. The molecule has 0 atom stereocenters. The molecule has 3 aromatic rings. The Kier molecular flexibility index (Phi) is 3.44. The van der Waals surface area contributed by atoms with Gasteiger partial charge in [0.1, 0.15) is 0 Å². The Morgan fingerprint density at radius 1 is 0.382 bits per heavy atom. The lowest BCUT2D eigenvalue weighted by Crippen LogP contribution is -2.11. The molecule has 0 saturated heterocycles. The maximum atomic E-state index is 13.0. The molecule has 0 fully saturated rings. The van der Waals surface area contributed by atoms with Gasteiger partial charge >= 0.3 is 0 Å². The van der Waals surface area contributed by atoms with Gasteiger partial charge in [-0.05, 0) is 24.3 Å². The van der Waals surface area contributed by atoms with Crippen LogP contribution in [-0.4, -0.2) is 23.6 Å². The summed E-state index contributed by atoms with van der Waals surface area (Å²) in [7, 11) is 0. The standard InChI is InChI=1S/C26H14N4O4/c31-23-19(11-5-1-3-7-15(11)27-23)21-13-9-18-14(10-17(13)29-25(21)33)22(26(34)30-18)20-12-6-2-4-8-16(12)28-24(20)32/h1-10H,(H,27,31)(H,28,32)(H,29,33)(H,30,34)/b21-19+,22-20+. The monoisotopic (exact) mass is 446 g/mol. The number of hydrogen-bond donors (Lipinski definition) is 4. The van der Waals surface area contributed by atoms with Crippen LogP contribution in [0.5, 0.6) is 0 Å². The van der Waals surface area contributed by atoms with Crippen molar-refractivity contribution in [3.63, 3.8) is 0 Å². The van der Waals surface area contributed by atoms with Crippen LogP contribution in [0.2, 0.25) is 0 Å². The highest BCUT2D eigenvalue weighted by Gasteiger charge is 2.39. The van der Waals surface area contributed by atoms with Crippen LogP contribution in [0, 0.1) is 0 Å². The first kappa shape index (κ1) is 18.6. The topological polar surface area (TPSA) is 116 Å². The quantitative estimate of drug-likeness (QED) is 0.397.